The van der Waals surface area contributed by atoms with Crippen molar-refractivity contribution in [2.24, 2.45) is 11.8 Å². The van der Waals surface area contributed by atoms with E-state index in [0.717, 1.165) is 25.0 Å². The van der Waals surface area contributed by atoms with Gasteiger partial charge in [0.25, 0.3) is 0 Å². The average Bonchev–Trinajstić information content (AvgIpc) is 3.08. The zero-order chi connectivity index (χ0) is 12.4. The zero-order valence-corrected chi connectivity index (χ0v) is 10.9. The van der Waals surface area contributed by atoms with Crippen LogP contribution in [-0.4, -0.2) is 28.7 Å². The van der Waals surface area contributed by atoms with Crippen LogP contribution in [0.25, 0.3) is 0 Å². The highest BCUT2D eigenvalue weighted by Gasteiger charge is 2.37. The van der Waals surface area contributed by atoms with Gasteiger partial charge in [-0.15, -0.1) is 0 Å². The van der Waals surface area contributed by atoms with Gasteiger partial charge in [0.1, 0.15) is 5.76 Å². The van der Waals surface area contributed by atoms with Gasteiger partial charge in [-0.1, -0.05) is 0 Å². The summed E-state index contributed by atoms with van der Waals surface area (Å²) in [5, 5.41) is 9.85. The molecule has 0 atom stereocenters. The molecule has 94 valence electrons. The first-order valence-corrected chi connectivity index (χ1v) is 7.51. The lowest BCUT2D eigenvalue weighted by atomic mass is 9.81. The number of rotatable bonds is 4. The van der Waals surface area contributed by atoms with Crippen molar-refractivity contribution in [3.05, 3.63) is 11.3 Å². The maximum Gasteiger partial charge on any atom is 0.170 e. The molecule has 4 heteroatoms. The Labute approximate surface area is 106 Å². The van der Waals surface area contributed by atoms with Gasteiger partial charge in [-0.2, -0.15) is 11.8 Å². The molecule has 0 heterocycles. The summed E-state index contributed by atoms with van der Waals surface area (Å²) in [6.45, 7) is 0. The molecule has 17 heavy (non-hydrogen) atoms. The Morgan fingerprint density at radius 3 is 2.35 bits per heavy atom. The van der Waals surface area contributed by atoms with Crippen LogP contribution in [0.1, 0.15) is 32.1 Å². The molecule has 2 saturated carbocycles. The van der Waals surface area contributed by atoms with Crippen molar-refractivity contribution in [2.45, 2.75) is 32.1 Å². The van der Waals surface area contributed by atoms with Gasteiger partial charge in [0, 0.05) is 18.8 Å². The number of aliphatic hydroxyl groups is 1. The van der Waals surface area contributed by atoms with Crippen LogP contribution in [0, 0.1) is 11.8 Å². The molecule has 0 radical (unpaired) electrons. The molecule has 2 rings (SSSR count). The fourth-order valence-corrected chi connectivity index (χ4v) is 2.86. The van der Waals surface area contributed by atoms with Crippen molar-refractivity contribution < 1.29 is 14.7 Å². The Morgan fingerprint density at radius 2 is 1.88 bits per heavy atom. The molecule has 2 fully saturated rings. The van der Waals surface area contributed by atoms with Crippen LogP contribution in [0.2, 0.25) is 0 Å². The highest BCUT2D eigenvalue weighted by atomic mass is 32.2. The first-order chi connectivity index (χ1) is 8.13. The van der Waals surface area contributed by atoms with E-state index >= 15 is 0 Å². The number of carbonyl (C=O) groups is 2. The summed E-state index contributed by atoms with van der Waals surface area (Å²) in [7, 11) is 0. The topological polar surface area (TPSA) is 54.4 Å². The Bertz CT molecular complexity index is 349. The molecule has 0 aliphatic heterocycles. The third kappa shape index (κ3) is 2.92. The summed E-state index contributed by atoms with van der Waals surface area (Å²) in [5.74, 6) is 1.04. The average molecular weight is 254 g/mol. The van der Waals surface area contributed by atoms with Crippen molar-refractivity contribution in [1.29, 1.82) is 0 Å². The lowest BCUT2D eigenvalue weighted by Gasteiger charge is -2.22. The molecule has 2 aliphatic rings. The maximum atomic E-state index is 11.9. The summed E-state index contributed by atoms with van der Waals surface area (Å²) >= 11 is 1.74. The van der Waals surface area contributed by atoms with Gasteiger partial charge in [0.15, 0.2) is 11.6 Å². The van der Waals surface area contributed by atoms with E-state index in [0.29, 0.717) is 12.8 Å². The molecule has 0 aromatic rings. The molecule has 0 bridgehead atoms. The van der Waals surface area contributed by atoms with E-state index in [9.17, 15) is 14.7 Å². The number of hydrogen-bond donors (Lipinski definition) is 1. The van der Waals surface area contributed by atoms with Gasteiger partial charge in [-0.05, 0) is 37.2 Å². The van der Waals surface area contributed by atoms with E-state index in [1.165, 1.54) is 0 Å². The van der Waals surface area contributed by atoms with Crippen LogP contribution in [-0.2, 0) is 9.59 Å². The predicted octanol–water partition coefficient (Wildman–Crippen LogP) is 2.51. The van der Waals surface area contributed by atoms with Crippen molar-refractivity contribution in [1.82, 2.24) is 0 Å². The van der Waals surface area contributed by atoms with Gasteiger partial charge in [0.2, 0.25) is 0 Å². The maximum absolute atomic E-state index is 11.9. The molecule has 1 N–H and O–H groups in total. The normalized spacial score (nSPS) is 25.2. The SMILES string of the molecule is CSCCC1CC(=O)C(=C(O)C2CC2)C(=O)C1. The smallest absolute Gasteiger partial charge is 0.170 e. The molecule has 0 aromatic carbocycles. The molecule has 0 aromatic heterocycles. The molecule has 0 amide bonds. The zero-order valence-electron chi connectivity index (χ0n) is 10.1. The van der Waals surface area contributed by atoms with E-state index in [-0.39, 0.29) is 34.7 Å². The fraction of sp³-hybridized carbons (Fsp3) is 0.692. The van der Waals surface area contributed by atoms with Crippen LogP contribution in [0.4, 0.5) is 0 Å². The second-order valence-electron chi connectivity index (χ2n) is 4.94. The van der Waals surface area contributed by atoms with Crippen molar-refractivity contribution in [3.63, 3.8) is 0 Å². The third-order valence-corrected chi connectivity index (χ3v) is 4.10. The minimum absolute atomic E-state index is 0.0725. The Balaban J connectivity index is 2.06. The molecular formula is C13H18O3S. The number of thioether (sulfide) groups is 1. The summed E-state index contributed by atoms with van der Waals surface area (Å²) in [6.07, 6.45) is 5.61. The molecule has 0 saturated heterocycles. The highest BCUT2D eigenvalue weighted by Crippen LogP contribution is 2.39. The third-order valence-electron chi connectivity index (χ3n) is 3.46. The first kappa shape index (κ1) is 12.7. The largest absolute Gasteiger partial charge is 0.511 e. The first-order valence-electron chi connectivity index (χ1n) is 6.12. The molecule has 2 aliphatic carbocycles. The van der Waals surface area contributed by atoms with Gasteiger partial charge in [-0.25, -0.2) is 0 Å². The standard InChI is InChI=1S/C13H18O3S/c1-17-5-4-8-6-10(14)12(11(15)7-8)13(16)9-2-3-9/h8-9,16H,2-7H2,1H3. The lowest BCUT2D eigenvalue weighted by Crippen LogP contribution is -2.28. The number of hydrogen-bond acceptors (Lipinski definition) is 4. The van der Waals surface area contributed by atoms with Gasteiger partial charge >= 0.3 is 0 Å². The molecular weight excluding hydrogens is 236 g/mol. The Kier molecular flexibility index (Phi) is 3.92. The monoisotopic (exact) mass is 254 g/mol. The van der Waals surface area contributed by atoms with E-state index in [4.69, 9.17) is 0 Å². The van der Waals surface area contributed by atoms with Crippen LogP contribution in [0.15, 0.2) is 11.3 Å². The van der Waals surface area contributed by atoms with Crippen molar-refractivity contribution in [3.8, 4) is 0 Å². The van der Waals surface area contributed by atoms with Crippen LogP contribution < -0.4 is 0 Å². The van der Waals surface area contributed by atoms with Crippen LogP contribution in [0.3, 0.4) is 0 Å². The van der Waals surface area contributed by atoms with Gasteiger partial charge < -0.3 is 5.11 Å². The number of aliphatic hydroxyl groups excluding tert-OH is 1. The quantitative estimate of drug-likeness (QED) is 0.476. The number of allylic oxidation sites excluding steroid dienone is 2. The second kappa shape index (κ2) is 5.25. The van der Waals surface area contributed by atoms with E-state index in [1.54, 1.807) is 11.8 Å². The van der Waals surface area contributed by atoms with Crippen molar-refractivity contribution >= 4 is 23.3 Å². The number of ketones is 2. The van der Waals surface area contributed by atoms with Crippen molar-refractivity contribution in [2.75, 3.05) is 12.0 Å². The van der Waals surface area contributed by atoms with Crippen LogP contribution in [0.5, 0.6) is 0 Å². The number of carbonyl (C=O) groups excluding carboxylic acids is 2. The lowest BCUT2D eigenvalue weighted by molar-refractivity contribution is -0.125. The summed E-state index contributed by atoms with van der Waals surface area (Å²) in [6, 6.07) is 0. The second-order valence-corrected chi connectivity index (χ2v) is 5.92. The minimum atomic E-state index is -0.142. The van der Waals surface area contributed by atoms with Crippen LogP contribution >= 0.6 is 11.8 Å². The Hall–Kier alpha value is -0.770. The number of Topliss-reactive ketones (excluding diaryl/α,β-unsaturated/α-hetero) is 2. The highest BCUT2D eigenvalue weighted by molar-refractivity contribution is 7.98. The minimum Gasteiger partial charge on any atom is -0.511 e. The van der Waals surface area contributed by atoms with Gasteiger partial charge in [0.05, 0.1) is 5.57 Å². The predicted molar refractivity (Wildman–Crippen MR) is 68.1 cm³/mol. The fourth-order valence-electron chi connectivity index (χ4n) is 2.29. The van der Waals surface area contributed by atoms with E-state index in [2.05, 4.69) is 0 Å². The van der Waals surface area contributed by atoms with Gasteiger partial charge in [-0.3, -0.25) is 9.59 Å². The molecule has 0 unspecified atom stereocenters. The van der Waals surface area contributed by atoms with E-state index < -0.39 is 0 Å². The summed E-state index contributed by atoms with van der Waals surface area (Å²) in [4.78, 5) is 23.8. The molecule has 3 nitrogen and oxygen atoms in total. The summed E-state index contributed by atoms with van der Waals surface area (Å²) in [5.41, 5.74) is 0.118. The van der Waals surface area contributed by atoms with E-state index in [1.807, 2.05) is 6.26 Å². The summed E-state index contributed by atoms with van der Waals surface area (Å²) < 4.78 is 0. The molecule has 0 spiro atoms. The Morgan fingerprint density at radius 1 is 1.29 bits per heavy atom.